The van der Waals surface area contributed by atoms with E-state index in [2.05, 4.69) is 50.5 Å². The van der Waals surface area contributed by atoms with Crippen LogP contribution >= 0.6 is 0 Å². The molecular formula is C25H28N8. The SMILES string of the molecule is C#C/C(=N\c1nc(-c2cccc(-c3cncn3C)c2)cc(=NC)n1CC)NNC(=C)C1CC1. The summed E-state index contributed by atoms with van der Waals surface area (Å²) in [5, 5.41) is 0. The highest BCUT2D eigenvalue weighted by Gasteiger charge is 2.24. The molecule has 0 unspecified atom stereocenters. The van der Waals surface area contributed by atoms with Crippen LogP contribution in [0.4, 0.5) is 5.95 Å². The Morgan fingerprint density at radius 1 is 1.27 bits per heavy atom. The Bertz CT molecular complexity index is 1310. The summed E-state index contributed by atoms with van der Waals surface area (Å²) in [5.74, 6) is 3.89. The van der Waals surface area contributed by atoms with Crippen LogP contribution in [0, 0.1) is 18.3 Å². The molecule has 2 N–H and O–H groups in total. The van der Waals surface area contributed by atoms with Crippen LogP contribution < -0.4 is 16.3 Å². The molecule has 4 rings (SSSR count). The molecule has 3 aromatic rings. The zero-order valence-electron chi connectivity index (χ0n) is 19.2. The lowest BCUT2D eigenvalue weighted by molar-refractivity contribution is 0.689. The number of rotatable bonds is 7. The Morgan fingerprint density at radius 3 is 2.70 bits per heavy atom. The van der Waals surface area contributed by atoms with Crippen LogP contribution in [0.5, 0.6) is 0 Å². The summed E-state index contributed by atoms with van der Waals surface area (Å²) in [7, 11) is 3.73. The van der Waals surface area contributed by atoms with Gasteiger partial charge < -0.3 is 9.99 Å². The van der Waals surface area contributed by atoms with E-state index in [-0.39, 0.29) is 0 Å². The third-order valence-corrected chi connectivity index (χ3v) is 5.58. The first-order valence-corrected chi connectivity index (χ1v) is 10.9. The lowest BCUT2D eigenvalue weighted by atomic mass is 10.1. The molecular weight excluding hydrogens is 412 g/mol. The number of benzene rings is 1. The Kier molecular flexibility index (Phi) is 6.41. The van der Waals surface area contributed by atoms with Gasteiger partial charge in [-0.25, -0.2) is 9.97 Å². The summed E-state index contributed by atoms with van der Waals surface area (Å²) >= 11 is 0. The first-order valence-electron chi connectivity index (χ1n) is 10.9. The third kappa shape index (κ3) is 4.88. The number of hydrogen-bond donors (Lipinski definition) is 2. The molecule has 1 saturated carbocycles. The van der Waals surface area contributed by atoms with Gasteiger partial charge in [-0.15, -0.1) is 6.42 Å². The van der Waals surface area contributed by atoms with E-state index in [9.17, 15) is 0 Å². The van der Waals surface area contributed by atoms with Crippen molar-refractivity contribution in [1.29, 1.82) is 0 Å². The van der Waals surface area contributed by atoms with E-state index >= 15 is 0 Å². The first kappa shape index (κ1) is 22.1. The van der Waals surface area contributed by atoms with E-state index in [1.807, 2.05) is 47.5 Å². The molecule has 0 saturated heterocycles. The molecule has 33 heavy (non-hydrogen) atoms. The highest BCUT2D eigenvalue weighted by Crippen LogP contribution is 2.33. The van der Waals surface area contributed by atoms with Gasteiger partial charge in [-0.05, 0) is 37.7 Å². The lowest BCUT2D eigenvalue weighted by Crippen LogP contribution is -2.36. The smallest absolute Gasteiger partial charge is 0.234 e. The van der Waals surface area contributed by atoms with Crippen LogP contribution in [-0.2, 0) is 13.6 Å². The number of imidazole rings is 1. The fourth-order valence-corrected chi connectivity index (χ4v) is 3.57. The summed E-state index contributed by atoms with van der Waals surface area (Å²) in [6.45, 7) is 6.71. The number of nitrogens with zero attached hydrogens (tertiary/aromatic N) is 6. The normalized spacial score (nSPS) is 14.1. The number of hydrogen-bond acceptors (Lipinski definition) is 5. The van der Waals surface area contributed by atoms with E-state index in [0.717, 1.165) is 46.5 Å². The second kappa shape index (κ2) is 9.57. The third-order valence-electron chi connectivity index (χ3n) is 5.58. The average molecular weight is 441 g/mol. The maximum absolute atomic E-state index is 5.72. The minimum atomic E-state index is 0.328. The van der Waals surface area contributed by atoms with Gasteiger partial charge in [0.2, 0.25) is 5.95 Å². The molecule has 0 aliphatic heterocycles. The maximum Gasteiger partial charge on any atom is 0.234 e. The monoisotopic (exact) mass is 440 g/mol. The van der Waals surface area contributed by atoms with Gasteiger partial charge in [0.1, 0.15) is 5.49 Å². The number of aliphatic imine (C=N–C) groups is 1. The second-order valence-corrected chi connectivity index (χ2v) is 7.89. The number of hydrazine groups is 1. The number of amidine groups is 1. The van der Waals surface area contributed by atoms with Gasteiger partial charge in [-0.1, -0.05) is 24.8 Å². The predicted octanol–water partition coefficient (Wildman–Crippen LogP) is 3.18. The van der Waals surface area contributed by atoms with E-state index in [1.54, 1.807) is 13.4 Å². The molecule has 0 amide bonds. The van der Waals surface area contributed by atoms with Crippen LogP contribution in [0.1, 0.15) is 19.8 Å². The van der Waals surface area contributed by atoms with Crippen molar-refractivity contribution in [3.8, 4) is 34.9 Å². The van der Waals surface area contributed by atoms with E-state index in [1.165, 1.54) is 0 Å². The Hall–Kier alpha value is -4.12. The molecule has 0 bridgehead atoms. The largest absolute Gasteiger partial charge is 0.334 e. The Morgan fingerprint density at radius 2 is 2.06 bits per heavy atom. The molecule has 1 aliphatic carbocycles. The quantitative estimate of drug-likeness (QED) is 0.256. The van der Waals surface area contributed by atoms with E-state index in [4.69, 9.17) is 11.4 Å². The van der Waals surface area contributed by atoms with Crippen LogP contribution in [0.3, 0.4) is 0 Å². The van der Waals surface area contributed by atoms with Crippen LogP contribution in [-0.4, -0.2) is 32.0 Å². The Balaban J connectivity index is 1.74. The maximum atomic E-state index is 5.72. The van der Waals surface area contributed by atoms with Crippen molar-refractivity contribution in [3.05, 3.63) is 60.6 Å². The van der Waals surface area contributed by atoms with Crippen molar-refractivity contribution in [1.82, 2.24) is 30.0 Å². The minimum Gasteiger partial charge on any atom is -0.334 e. The zero-order valence-corrected chi connectivity index (χ0v) is 19.2. The summed E-state index contributed by atoms with van der Waals surface area (Å²) < 4.78 is 3.90. The number of aryl methyl sites for hydroxylation is 1. The van der Waals surface area contributed by atoms with E-state index < -0.39 is 0 Å². The number of nitrogens with one attached hydrogen (secondary N) is 2. The molecule has 0 atom stereocenters. The molecule has 8 nitrogen and oxygen atoms in total. The van der Waals surface area contributed by atoms with Crippen molar-refractivity contribution in [2.45, 2.75) is 26.3 Å². The minimum absolute atomic E-state index is 0.328. The van der Waals surface area contributed by atoms with Crippen molar-refractivity contribution in [3.63, 3.8) is 0 Å². The molecule has 2 heterocycles. The molecule has 0 radical (unpaired) electrons. The fraction of sp³-hybridized carbons (Fsp3) is 0.280. The summed E-state index contributed by atoms with van der Waals surface area (Å²) in [6, 6.07) is 10.1. The van der Waals surface area contributed by atoms with Crippen molar-refractivity contribution < 1.29 is 0 Å². The van der Waals surface area contributed by atoms with Gasteiger partial charge in [-0.2, -0.15) is 4.99 Å². The highest BCUT2D eigenvalue weighted by atomic mass is 15.4. The van der Waals surface area contributed by atoms with Gasteiger partial charge >= 0.3 is 0 Å². The van der Waals surface area contributed by atoms with Crippen LogP contribution in [0.25, 0.3) is 22.5 Å². The topological polar surface area (TPSA) is 84.4 Å². The lowest BCUT2D eigenvalue weighted by Gasteiger charge is -2.13. The Labute approximate surface area is 193 Å². The number of allylic oxidation sites excluding steroid dienone is 1. The zero-order chi connectivity index (χ0) is 23.4. The van der Waals surface area contributed by atoms with Gasteiger partial charge in [0.05, 0.1) is 23.9 Å². The molecule has 168 valence electrons. The molecule has 0 spiro atoms. The molecule has 8 heteroatoms. The van der Waals surface area contributed by atoms with Crippen molar-refractivity contribution >= 4 is 11.8 Å². The summed E-state index contributed by atoms with van der Waals surface area (Å²) in [5.41, 5.74) is 11.5. The number of aromatic nitrogens is 4. The molecule has 2 aromatic heterocycles. The van der Waals surface area contributed by atoms with Gasteiger partial charge in [0.15, 0.2) is 5.84 Å². The molecule has 1 fully saturated rings. The van der Waals surface area contributed by atoms with Gasteiger partial charge in [0, 0.05) is 43.5 Å². The van der Waals surface area contributed by atoms with Gasteiger partial charge in [-0.3, -0.25) is 15.0 Å². The molecule has 1 aliphatic rings. The van der Waals surface area contributed by atoms with Crippen LogP contribution in [0.15, 0.2) is 65.1 Å². The fourth-order valence-electron chi connectivity index (χ4n) is 3.57. The number of terminal acetylenes is 1. The predicted molar refractivity (Wildman–Crippen MR) is 131 cm³/mol. The second-order valence-electron chi connectivity index (χ2n) is 7.89. The van der Waals surface area contributed by atoms with Gasteiger partial charge in [0.25, 0.3) is 0 Å². The first-order chi connectivity index (χ1) is 16.0. The van der Waals surface area contributed by atoms with E-state index in [0.29, 0.717) is 24.2 Å². The molecule has 1 aromatic carbocycles. The standard InChI is InChI=1S/C25H28N8/c1-6-23(31-30-17(3)18-11-12-18)29-25-28-21(14-24(26-4)33(25)7-2)19-9-8-10-20(13-19)22-15-27-16-32(22)5/h1,8-10,13-16,18,30H,3,7,11-12H2,2,4-5H3,(H,28,29,31). The summed E-state index contributed by atoms with van der Waals surface area (Å²) in [6.07, 6.45) is 11.6. The van der Waals surface area contributed by atoms with Crippen molar-refractivity contribution in [2.24, 2.45) is 23.0 Å². The highest BCUT2D eigenvalue weighted by molar-refractivity contribution is 5.99. The van der Waals surface area contributed by atoms with Crippen molar-refractivity contribution in [2.75, 3.05) is 7.05 Å². The average Bonchev–Trinajstić information content (AvgIpc) is 3.61. The summed E-state index contributed by atoms with van der Waals surface area (Å²) in [4.78, 5) is 18.1. The van der Waals surface area contributed by atoms with Crippen LogP contribution in [0.2, 0.25) is 0 Å².